The van der Waals surface area contributed by atoms with E-state index in [0.717, 1.165) is 25.8 Å². The lowest BCUT2D eigenvalue weighted by Gasteiger charge is -2.43. The number of pyridine rings is 1. The third-order valence-electron chi connectivity index (χ3n) is 13.2. The van der Waals surface area contributed by atoms with Crippen molar-refractivity contribution in [3.8, 4) is 17.5 Å². The van der Waals surface area contributed by atoms with Gasteiger partial charge in [0, 0.05) is 44.5 Å². The summed E-state index contributed by atoms with van der Waals surface area (Å²) in [5, 5.41) is 17.2. The number of alkyl halides is 1. The van der Waals surface area contributed by atoms with Crippen LogP contribution in [-0.2, 0) is 18.6 Å². The Morgan fingerprint density at radius 2 is 1.86 bits per heavy atom. The lowest BCUT2D eigenvalue weighted by Crippen LogP contribution is -2.51. The zero-order valence-electron chi connectivity index (χ0n) is 33.2. The third-order valence-corrected chi connectivity index (χ3v) is 19.5. The average Bonchev–Trinajstić information content (AvgIpc) is 3.87. The molecule has 1 unspecified atom stereocenters. The lowest BCUT2D eigenvalue weighted by molar-refractivity contribution is 0.0804. The fourth-order valence-electron chi connectivity index (χ4n) is 10.2. The Bertz CT molecular complexity index is 2200. The predicted molar refractivity (Wildman–Crippen MR) is 215 cm³/mol. The maximum Gasteiger partial charge on any atom is 0.317 e. The molecule has 6 heterocycles. The SMILES string of the molecule is CC(C)[Si](C#Cc1c(F)ccc2c1C=CC(O)(c1nc(N3CC[C@@H]3Cn3cccn3)c3cnc(OC[C@@]45CCCN4C[C@H](F)C5)nc3c1F)C2)(C(C)C)C(C)C. The highest BCUT2D eigenvalue weighted by Crippen LogP contribution is 2.44. The molecule has 296 valence electrons. The summed E-state index contributed by atoms with van der Waals surface area (Å²) < 4.78 is 55.2. The van der Waals surface area contributed by atoms with Crippen LogP contribution in [0.15, 0.2) is 42.9 Å². The molecule has 0 bridgehead atoms. The van der Waals surface area contributed by atoms with E-state index in [0.29, 0.717) is 70.6 Å². The summed E-state index contributed by atoms with van der Waals surface area (Å²) in [6.07, 6.45) is 10.4. The number of ether oxygens (including phenoxy) is 1. The van der Waals surface area contributed by atoms with Crippen LogP contribution in [0.3, 0.4) is 0 Å². The van der Waals surface area contributed by atoms with E-state index in [9.17, 15) is 9.50 Å². The van der Waals surface area contributed by atoms with Crippen LogP contribution in [-0.4, -0.2) is 86.8 Å². The summed E-state index contributed by atoms with van der Waals surface area (Å²) in [6.45, 7) is 16.0. The topological polar surface area (TPSA) is 92.4 Å². The molecule has 8 rings (SSSR count). The number of rotatable bonds is 10. The largest absolute Gasteiger partial charge is 0.461 e. The second-order valence-electron chi connectivity index (χ2n) is 17.3. The Labute approximate surface area is 328 Å². The van der Waals surface area contributed by atoms with Gasteiger partial charge in [-0.3, -0.25) is 9.58 Å². The molecule has 3 aliphatic heterocycles. The number of fused-ring (bicyclic) bond motifs is 3. The standard InChI is InChI=1S/C43H52F3N7O2Si/c1-27(2)56(28(3)4,29(5)6)20-13-34-33-11-15-43(54,21-30(33)9-10-36(34)45)39-37(46)38-35(40(50-39)53-19-12-32(53)25-52-18-8-16-48-52)23-47-41(49-38)55-26-42-14-7-17-51(42)24-31(44)22-42/h8-11,15-16,18,23,27-29,31-32,54H,7,12,14,17,19,21-22,24-26H2,1-6H3/t31-,32-,42+,43?/m1/s1. The van der Waals surface area contributed by atoms with E-state index in [4.69, 9.17) is 9.72 Å². The van der Waals surface area contributed by atoms with Crippen molar-refractivity contribution in [1.82, 2.24) is 29.6 Å². The Balaban J connectivity index is 1.19. The lowest BCUT2D eigenvalue weighted by atomic mass is 9.81. The molecule has 56 heavy (non-hydrogen) atoms. The Hall–Kier alpha value is -4.25. The number of halogens is 3. The van der Waals surface area contributed by atoms with E-state index in [1.165, 1.54) is 18.3 Å². The van der Waals surface area contributed by atoms with Gasteiger partial charge in [-0.2, -0.15) is 10.1 Å². The van der Waals surface area contributed by atoms with Gasteiger partial charge in [-0.25, -0.2) is 23.1 Å². The minimum absolute atomic E-state index is 0.0150. The van der Waals surface area contributed by atoms with Crippen LogP contribution in [0.25, 0.3) is 17.0 Å². The van der Waals surface area contributed by atoms with Gasteiger partial charge in [0.25, 0.3) is 0 Å². The second kappa shape index (κ2) is 14.6. The quantitative estimate of drug-likeness (QED) is 0.129. The van der Waals surface area contributed by atoms with Crippen molar-refractivity contribution in [2.75, 3.05) is 31.1 Å². The number of benzene rings is 1. The maximum absolute atomic E-state index is 17.1. The molecule has 0 amide bonds. The summed E-state index contributed by atoms with van der Waals surface area (Å²) in [5.41, 5.74) is 3.77. The van der Waals surface area contributed by atoms with E-state index >= 15 is 8.78 Å². The smallest absolute Gasteiger partial charge is 0.317 e. The molecule has 3 saturated heterocycles. The van der Waals surface area contributed by atoms with Gasteiger partial charge in [-0.15, -0.1) is 5.54 Å². The highest BCUT2D eigenvalue weighted by Gasteiger charge is 2.49. The van der Waals surface area contributed by atoms with E-state index in [1.807, 2.05) is 16.9 Å². The number of aromatic nitrogens is 5. The first-order chi connectivity index (χ1) is 26.7. The summed E-state index contributed by atoms with van der Waals surface area (Å²) in [5.74, 6) is 2.54. The van der Waals surface area contributed by atoms with Gasteiger partial charge >= 0.3 is 6.01 Å². The van der Waals surface area contributed by atoms with E-state index < -0.39 is 37.0 Å². The zero-order chi connectivity index (χ0) is 39.6. The molecule has 3 fully saturated rings. The van der Waals surface area contributed by atoms with Gasteiger partial charge in [0.1, 0.15) is 49.3 Å². The number of anilines is 1. The maximum atomic E-state index is 17.1. The molecule has 1 aliphatic carbocycles. The third kappa shape index (κ3) is 6.51. The van der Waals surface area contributed by atoms with Crippen LogP contribution in [0, 0.1) is 23.1 Å². The van der Waals surface area contributed by atoms with Crippen molar-refractivity contribution in [2.45, 2.75) is 120 Å². The molecule has 1 N–H and O–H groups in total. The van der Waals surface area contributed by atoms with Crippen molar-refractivity contribution >= 4 is 30.9 Å². The molecule has 4 aromatic rings. The zero-order valence-corrected chi connectivity index (χ0v) is 34.2. The Morgan fingerprint density at radius 1 is 1.07 bits per heavy atom. The van der Waals surface area contributed by atoms with Gasteiger partial charge < -0.3 is 14.7 Å². The molecule has 4 atom stereocenters. The van der Waals surface area contributed by atoms with Gasteiger partial charge in [0.15, 0.2) is 5.82 Å². The monoisotopic (exact) mass is 783 g/mol. The molecule has 13 heteroatoms. The van der Waals surface area contributed by atoms with Gasteiger partial charge in [0.2, 0.25) is 0 Å². The molecule has 0 spiro atoms. The van der Waals surface area contributed by atoms with E-state index in [2.05, 4.69) is 77.9 Å². The Kier molecular flexibility index (Phi) is 10.1. The van der Waals surface area contributed by atoms with Crippen LogP contribution in [0.5, 0.6) is 6.01 Å². The van der Waals surface area contributed by atoms with Crippen LogP contribution >= 0.6 is 0 Å². The summed E-state index contributed by atoms with van der Waals surface area (Å²) in [6, 6.07) is 4.90. The minimum Gasteiger partial charge on any atom is -0.461 e. The number of nitrogens with zero attached hydrogens (tertiary/aromatic N) is 7. The first kappa shape index (κ1) is 38.6. The van der Waals surface area contributed by atoms with Crippen LogP contribution in [0.4, 0.5) is 19.0 Å². The predicted octanol–water partition coefficient (Wildman–Crippen LogP) is 7.76. The molecule has 0 saturated carbocycles. The summed E-state index contributed by atoms with van der Waals surface area (Å²) >= 11 is 0. The van der Waals surface area contributed by atoms with Crippen molar-refractivity contribution in [3.63, 3.8) is 0 Å². The molecule has 1 aromatic carbocycles. The number of aliphatic hydroxyl groups is 1. The number of hydrogen-bond donors (Lipinski definition) is 1. The first-order valence-electron chi connectivity index (χ1n) is 20.1. The molecule has 0 radical (unpaired) electrons. The second-order valence-corrected chi connectivity index (χ2v) is 22.9. The summed E-state index contributed by atoms with van der Waals surface area (Å²) in [7, 11) is -2.18. The van der Waals surface area contributed by atoms with Crippen molar-refractivity contribution in [2.24, 2.45) is 0 Å². The fraction of sp³-hybridized carbons (Fsp3) is 0.535. The van der Waals surface area contributed by atoms with Gasteiger partial charge in [-0.1, -0.05) is 59.6 Å². The normalized spacial score (nSPS) is 24.8. The van der Waals surface area contributed by atoms with Crippen LogP contribution in [0.1, 0.15) is 89.6 Å². The molecule has 3 aromatic heterocycles. The molecule has 9 nitrogen and oxygen atoms in total. The van der Waals surface area contributed by atoms with E-state index in [-0.39, 0.29) is 36.3 Å². The van der Waals surface area contributed by atoms with Crippen LogP contribution in [0.2, 0.25) is 16.6 Å². The minimum atomic E-state index is -2.18. The first-order valence-corrected chi connectivity index (χ1v) is 22.4. The van der Waals surface area contributed by atoms with Gasteiger partial charge in [0.05, 0.1) is 29.1 Å². The van der Waals surface area contributed by atoms with E-state index in [1.54, 1.807) is 18.3 Å². The van der Waals surface area contributed by atoms with Gasteiger partial charge in [-0.05, 0) is 71.8 Å². The van der Waals surface area contributed by atoms with Crippen LogP contribution < -0.4 is 9.64 Å². The highest BCUT2D eigenvalue weighted by atomic mass is 28.3. The fourth-order valence-corrected chi connectivity index (χ4v) is 15.4. The highest BCUT2D eigenvalue weighted by molar-refractivity contribution is 6.90. The van der Waals surface area contributed by atoms with Crippen molar-refractivity contribution < 1.29 is 23.0 Å². The average molecular weight is 784 g/mol. The number of hydrogen-bond acceptors (Lipinski definition) is 8. The van der Waals surface area contributed by atoms with Crippen molar-refractivity contribution in [1.29, 1.82) is 0 Å². The summed E-state index contributed by atoms with van der Waals surface area (Å²) in [4.78, 5) is 18.2. The molecular weight excluding hydrogens is 732 g/mol. The van der Waals surface area contributed by atoms with Crippen molar-refractivity contribution in [3.05, 3.63) is 76.9 Å². The molecular formula is C43H52F3N7O2Si. The Morgan fingerprint density at radius 3 is 2.55 bits per heavy atom. The molecule has 4 aliphatic rings.